The summed E-state index contributed by atoms with van der Waals surface area (Å²) in [6, 6.07) is 8.86. The van der Waals surface area contributed by atoms with Gasteiger partial charge in [0.2, 0.25) is 5.91 Å². The van der Waals surface area contributed by atoms with Crippen molar-refractivity contribution in [3.8, 4) is 5.75 Å². The van der Waals surface area contributed by atoms with Crippen LogP contribution in [0.1, 0.15) is 5.56 Å². The highest BCUT2D eigenvalue weighted by atomic mass is 35.5. The van der Waals surface area contributed by atoms with Gasteiger partial charge in [-0.05, 0) is 24.3 Å². The molecule has 1 aliphatic heterocycles. The summed E-state index contributed by atoms with van der Waals surface area (Å²) in [5.74, 6) is 0.516. The minimum atomic E-state index is -0.336. The first kappa shape index (κ1) is 22.2. The van der Waals surface area contributed by atoms with Gasteiger partial charge in [0.25, 0.3) is 0 Å². The summed E-state index contributed by atoms with van der Waals surface area (Å²) >= 11 is 6.09. The van der Waals surface area contributed by atoms with E-state index in [-0.39, 0.29) is 24.0 Å². The molecule has 0 unspecified atom stereocenters. The number of benzene rings is 1. The standard InChI is InChI=1S/C20H24ClN7O3/c1-31-16-11-13(4-5-15(16)21)27-7-9-28(10-8-27)17(29)12-25-20-14(3-2-6-24-20)18(22)19(23)26-30/h2-6,11,22,30H,7-10,12H2,1H3,(H2,23,26)(H,24,25). The smallest absolute Gasteiger partial charge is 0.242 e. The number of piperazine rings is 1. The molecule has 1 saturated heterocycles. The van der Waals surface area contributed by atoms with Gasteiger partial charge in [0.15, 0.2) is 5.84 Å². The molecule has 2 heterocycles. The Balaban J connectivity index is 1.57. The van der Waals surface area contributed by atoms with Crippen LogP contribution in [0.5, 0.6) is 5.75 Å². The number of ether oxygens (including phenoxy) is 1. The fraction of sp³-hybridized carbons (Fsp3) is 0.300. The lowest BCUT2D eigenvalue weighted by atomic mass is 10.1. The number of carbonyl (C=O) groups is 1. The lowest BCUT2D eigenvalue weighted by Gasteiger charge is -2.36. The fourth-order valence-corrected chi connectivity index (χ4v) is 3.46. The molecule has 0 aliphatic carbocycles. The van der Waals surface area contributed by atoms with Crippen LogP contribution in [0.3, 0.4) is 0 Å². The molecule has 0 radical (unpaired) electrons. The molecular formula is C20H24ClN7O3. The number of amidine groups is 1. The lowest BCUT2D eigenvalue weighted by molar-refractivity contribution is -0.129. The van der Waals surface area contributed by atoms with Gasteiger partial charge in [0.05, 0.1) is 18.7 Å². The second-order valence-electron chi connectivity index (χ2n) is 6.80. The Morgan fingerprint density at radius 1 is 1.35 bits per heavy atom. The molecule has 1 aromatic heterocycles. The van der Waals surface area contributed by atoms with Crippen molar-refractivity contribution in [1.29, 1.82) is 5.41 Å². The first-order valence-corrected chi connectivity index (χ1v) is 9.94. The fourth-order valence-electron chi connectivity index (χ4n) is 3.27. The molecule has 1 fully saturated rings. The van der Waals surface area contributed by atoms with E-state index in [1.54, 1.807) is 30.2 Å². The van der Waals surface area contributed by atoms with Gasteiger partial charge in [-0.2, -0.15) is 0 Å². The molecule has 1 aromatic carbocycles. The molecule has 0 saturated carbocycles. The maximum atomic E-state index is 12.7. The molecule has 31 heavy (non-hydrogen) atoms. The number of rotatable bonds is 7. The van der Waals surface area contributed by atoms with E-state index in [1.165, 1.54) is 6.20 Å². The minimum absolute atomic E-state index is 0.0161. The van der Waals surface area contributed by atoms with Crippen LogP contribution in [0, 0.1) is 5.41 Å². The maximum Gasteiger partial charge on any atom is 0.242 e. The van der Waals surface area contributed by atoms with E-state index in [4.69, 9.17) is 32.7 Å². The number of aromatic nitrogens is 1. The Labute approximate surface area is 184 Å². The number of carbonyl (C=O) groups excluding carboxylic acids is 1. The van der Waals surface area contributed by atoms with Crippen molar-refractivity contribution < 1.29 is 14.7 Å². The number of halogens is 1. The summed E-state index contributed by atoms with van der Waals surface area (Å²) in [7, 11) is 1.58. The van der Waals surface area contributed by atoms with E-state index in [0.29, 0.717) is 48.3 Å². The number of amides is 1. The van der Waals surface area contributed by atoms with E-state index < -0.39 is 0 Å². The SMILES string of the molecule is COc1cc(N2CCN(C(=O)CNc3ncccc3C(=N)/C(N)=N/O)CC2)ccc1Cl. The van der Waals surface area contributed by atoms with Crippen molar-refractivity contribution >= 4 is 40.6 Å². The van der Waals surface area contributed by atoms with Crippen molar-refractivity contribution in [2.24, 2.45) is 10.9 Å². The highest BCUT2D eigenvalue weighted by Gasteiger charge is 2.22. The van der Waals surface area contributed by atoms with Gasteiger partial charge in [-0.15, -0.1) is 0 Å². The van der Waals surface area contributed by atoms with Crippen LogP contribution in [0.25, 0.3) is 0 Å². The Morgan fingerprint density at radius 3 is 2.77 bits per heavy atom. The normalized spacial score (nSPS) is 14.3. The third-order valence-electron chi connectivity index (χ3n) is 4.98. The largest absolute Gasteiger partial charge is 0.495 e. The summed E-state index contributed by atoms with van der Waals surface area (Å²) in [6.07, 6.45) is 1.54. The number of anilines is 2. The molecule has 0 atom stereocenters. The minimum Gasteiger partial charge on any atom is -0.495 e. The van der Waals surface area contributed by atoms with Crippen molar-refractivity contribution in [2.75, 3.05) is 50.1 Å². The molecule has 0 spiro atoms. The molecule has 5 N–H and O–H groups in total. The van der Waals surface area contributed by atoms with Crippen molar-refractivity contribution in [1.82, 2.24) is 9.88 Å². The Hall–Kier alpha value is -3.53. The van der Waals surface area contributed by atoms with Crippen LogP contribution in [-0.4, -0.2) is 72.4 Å². The van der Waals surface area contributed by atoms with Gasteiger partial charge >= 0.3 is 0 Å². The van der Waals surface area contributed by atoms with Gasteiger partial charge in [-0.1, -0.05) is 16.8 Å². The average molecular weight is 446 g/mol. The topological polar surface area (TPSA) is 140 Å². The molecule has 11 heteroatoms. The van der Waals surface area contributed by atoms with E-state index >= 15 is 0 Å². The van der Waals surface area contributed by atoms with Gasteiger partial charge in [-0.3, -0.25) is 10.2 Å². The molecule has 1 amide bonds. The number of hydrogen-bond donors (Lipinski definition) is 4. The molecular weight excluding hydrogens is 422 g/mol. The molecule has 164 valence electrons. The zero-order valence-corrected chi connectivity index (χ0v) is 17.8. The second-order valence-corrected chi connectivity index (χ2v) is 7.21. The molecule has 2 aromatic rings. The summed E-state index contributed by atoms with van der Waals surface area (Å²) in [5, 5.41) is 23.1. The Bertz CT molecular complexity index is 990. The van der Waals surface area contributed by atoms with E-state index in [9.17, 15) is 4.79 Å². The Morgan fingerprint density at radius 2 is 2.10 bits per heavy atom. The van der Waals surface area contributed by atoms with E-state index in [2.05, 4.69) is 20.4 Å². The number of pyridine rings is 1. The molecule has 0 bridgehead atoms. The van der Waals surface area contributed by atoms with Gasteiger partial charge in [-0.25, -0.2) is 4.98 Å². The van der Waals surface area contributed by atoms with Crippen molar-refractivity contribution in [3.63, 3.8) is 0 Å². The number of nitrogens with zero attached hydrogens (tertiary/aromatic N) is 4. The Kier molecular flexibility index (Phi) is 7.14. The maximum absolute atomic E-state index is 12.7. The van der Waals surface area contributed by atoms with E-state index in [0.717, 1.165) is 5.69 Å². The van der Waals surface area contributed by atoms with Crippen LogP contribution in [0.15, 0.2) is 41.7 Å². The summed E-state index contributed by atoms with van der Waals surface area (Å²) in [6.45, 7) is 2.52. The van der Waals surface area contributed by atoms with Crippen molar-refractivity contribution in [2.45, 2.75) is 0 Å². The summed E-state index contributed by atoms with van der Waals surface area (Å²) in [4.78, 5) is 20.8. The second kappa shape index (κ2) is 9.98. The molecule has 1 aliphatic rings. The van der Waals surface area contributed by atoms with Crippen LogP contribution in [0.2, 0.25) is 5.02 Å². The van der Waals surface area contributed by atoms with Crippen molar-refractivity contribution in [3.05, 3.63) is 47.1 Å². The third kappa shape index (κ3) is 5.15. The van der Waals surface area contributed by atoms with Crippen LogP contribution in [0.4, 0.5) is 11.5 Å². The number of hydrogen-bond acceptors (Lipinski definition) is 8. The number of nitrogens with two attached hydrogens (primary N) is 1. The highest BCUT2D eigenvalue weighted by Crippen LogP contribution is 2.29. The lowest BCUT2D eigenvalue weighted by Crippen LogP contribution is -2.50. The zero-order valence-electron chi connectivity index (χ0n) is 17.0. The number of nitrogens with one attached hydrogen (secondary N) is 2. The van der Waals surface area contributed by atoms with Crippen LogP contribution in [-0.2, 0) is 4.79 Å². The van der Waals surface area contributed by atoms with Crippen LogP contribution < -0.4 is 20.7 Å². The quantitative estimate of drug-likeness (QED) is 0.219. The van der Waals surface area contributed by atoms with Gasteiger partial charge in [0, 0.05) is 49.7 Å². The summed E-state index contributed by atoms with van der Waals surface area (Å²) < 4.78 is 5.28. The third-order valence-corrected chi connectivity index (χ3v) is 5.29. The van der Waals surface area contributed by atoms with Crippen LogP contribution >= 0.6 is 11.6 Å². The predicted molar refractivity (Wildman–Crippen MR) is 120 cm³/mol. The molecule has 10 nitrogen and oxygen atoms in total. The monoisotopic (exact) mass is 445 g/mol. The number of oxime groups is 1. The number of methoxy groups -OCH3 is 1. The molecule has 3 rings (SSSR count). The zero-order chi connectivity index (χ0) is 22.4. The first-order chi connectivity index (χ1) is 14.9. The predicted octanol–water partition coefficient (Wildman–Crippen LogP) is 1.62. The van der Waals surface area contributed by atoms with E-state index in [1.807, 2.05) is 12.1 Å². The van der Waals surface area contributed by atoms with Gasteiger partial charge < -0.3 is 30.8 Å². The average Bonchev–Trinajstić information content (AvgIpc) is 2.82. The first-order valence-electron chi connectivity index (χ1n) is 9.56. The van der Waals surface area contributed by atoms with Gasteiger partial charge in [0.1, 0.15) is 17.3 Å². The highest BCUT2D eigenvalue weighted by molar-refractivity contribution is 6.46. The summed E-state index contributed by atoms with van der Waals surface area (Å²) in [5.41, 5.74) is 6.65.